The SMILES string of the molecule is CC(C)(C)C.Nc1ccc(C2CC2)n(C(=O)O)c1=O. The van der Waals surface area contributed by atoms with Gasteiger partial charge in [-0.3, -0.25) is 4.79 Å². The molecule has 0 atom stereocenters. The number of nitrogens with zero attached hydrogens (tertiary/aromatic N) is 1. The van der Waals surface area contributed by atoms with E-state index in [1.165, 1.54) is 6.07 Å². The van der Waals surface area contributed by atoms with Crippen molar-refractivity contribution in [1.82, 2.24) is 4.57 Å². The minimum atomic E-state index is -1.26. The first-order valence-electron chi connectivity index (χ1n) is 6.36. The van der Waals surface area contributed by atoms with Crippen LogP contribution in [0.1, 0.15) is 52.1 Å². The summed E-state index contributed by atoms with van der Waals surface area (Å²) in [7, 11) is 0. The van der Waals surface area contributed by atoms with Crippen LogP contribution in [0.5, 0.6) is 0 Å². The van der Waals surface area contributed by atoms with Crippen LogP contribution in [0, 0.1) is 5.41 Å². The van der Waals surface area contributed by atoms with Crippen molar-refractivity contribution < 1.29 is 9.90 Å². The summed E-state index contributed by atoms with van der Waals surface area (Å²) in [6.07, 6.45) is 0.622. The Labute approximate surface area is 113 Å². The van der Waals surface area contributed by atoms with Crippen LogP contribution >= 0.6 is 0 Å². The maximum Gasteiger partial charge on any atom is 0.418 e. The monoisotopic (exact) mass is 266 g/mol. The van der Waals surface area contributed by atoms with E-state index in [9.17, 15) is 9.59 Å². The number of nitrogens with two attached hydrogens (primary N) is 1. The van der Waals surface area contributed by atoms with Gasteiger partial charge in [0, 0.05) is 5.69 Å². The summed E-state index contributed by atoms with van der Waals surface area (Å²) in [5.41, 5.74) is 5.74. The average molecular weight is 266 g/mol. The second-order valence-corrected chi connectivity index (χ2v) is 6.41. The number of aromatic nitrogens is 1. The summed E-state index contributed by atoms with van der Waals surface area (Å²) in [5, 5.41) is 8.86. The summed E-state index contributed by atoms with van der Waals surface area (Å²) in [4.78, 5) is 22.3. The quantitative estimate of drug-likeness (QED) is 0.818. The molecule has 0 amide bonds. The Morgan fingerprint density at radius 3 is 2.16 bits per heavy atom. The number of nitrogen functional groups attached to an aromatic ring is 1. The van der Waals surface area contributed by atoms with Gasteiger partial charge in [-0.2, -0.15) is 0 Å². The fourth-order valence-electron chi connectivity index (χ4n) is 1.46. The molecule has 0 aromatic carbocycles. The molecule has 1 aromatic rings. The predicted octanol–water partition coefficient (Wildman–Crippen LogP) is 2.89. The van der Waals surface area contributed by atoms with Crippen molar-refractivity contribution in [3.8, 4) is 0 Å². The van der Waals surface area contributed by atoms with Gasteiger partial charge in [0.15, 0.2) is 0 Å². The molecule has 0 saturated heterocycles. The second kappa shape index (κ2) is 5.47. The molecule has 1 fully saturated rings. The van der Waals surface area contributed by atoms with Crippen LogP contribution in [0.2, 0.25) is 0 Å². The number of carbonyl (C=O) groups is 1. The Morgan fingerprint density at radius 2 is 1.79 bits per heavy atom. The van der Waals surface area contributed by atoms with E-state index in [1.54, 1.807) is 6.07 Å². The van der Waals surface area contributed by atoms with E-state index >= 15 is 0 Å². The molecule has 3 N–H and O–H groups in total. The zero-order chi connectivity index (χ0) is 14.8. The topological polar surface area (TPSA) is 85.3 Å². The van der Waals surface area contributed by atoms with E-state index in [-0.39, 0.29) is 11.6 Å². The summed E-state index contributed by atoms with van der Waals surface area (Å²) in [5.74, 6) is 0.208. The van der Waals surface area contributed by atoms with Crippen molar-refractivity contribution in [2.24, 2.45) is 5.41 Å². The minimum absolute atomic E-state index is 0.0307. The van der Waals surface area contributed by atoms with Gasteiger partial charge < -0.3 is 10.8 Å². The molecule has 106 valence electrons. The lowest BCUT2D eigenvalue weighted by Crippen LogP contribution is -2.30. The lowest BCUT2D eigenvalue weighted by Gasteiger charge is -2.07. The molecule has 1 saturated carbocycles. The van der Waals surface area contributed by atoms with Crippen molar-refractivity contribution in [3.05, 3.63) is 28.2 Å². The Hall–Kier alpha value is -1.78. The highest BCUT2D eigenvalue weighted by Crippen LogP contribution is 2.39. The van der Waals surface area contributed by atoms with Gasteiger partial charge in [-0.1, -0.05) is 27.7 Å². The molecule has 0 spiro atoms. The standard InChI is InChI=1S/C9H10N2O3.C5H12/c10-6-3-4-7(5-1-2-5)11(8(6)12)9(13)14;1-5(2,3)4/h3-5H,1-2,10H2,(H,13,14);1-4H3. The highest BCUT2D eigenvalue weighted by atomic mass is 16.4. The third-order valence-electron chi connectivity index (χ3n) is 2.33. The van der Waals surface area contributed by atoms with Crippen LogP contribution in [0.4, 0.5) is 10.5 Å². The van der Waals surface area contributed by atoms with E-state index in [0.717, 1.165) is 17.4 Å². The Bertz CT molecular complexity index is 516. The van der Waals surface area contributed by atoms with Crippen molar-refractivity contribution in [2.45, 2.75) is 46.5 Å². The van der Waals surface area contributed by atoms with Gasteiger partial charge in [-0.25, -0.2) is 9.36 Å². The maximum absolute atomic E-state index is 11.4. The Kier molecular flexibility index (Phi) is 4.39. The fourth-order valence-corrected chi connectivity index (χ4v) is 1.46. The molecule has 2 rings (SSSR count). The molecule has 0 unspecified atom stereocenters. The number of carboxylic acid groups (broad SMARTS) is 1. The largest absolute Gasteiger partial charge is 0.464 e. The van der Waals surface area contributed by atoms with Crippen LogP contribution in [0.15, 0.2) is 16.9 Å². The van der Waals surface area contributed by atoms with Crippen molar-refractivity contribution in [3.63, 3.8) is 0 Å². The molecule has 5 heteroatoms. The minimum Gasteiger partial charge on any atom is -0.464 e. The van der Waals surface area contributed by atoms with Crippen molar-refractivity contribution in [2.75, 3.05) is 5.73 Å². The molecule has 1 heterocycles. The lowest BCUT2D eigenvalue weighted by molar-refractivity contribution is 0.194. The third-order valence-corrected chi connectivity index (χ3v) is 2.33. The first-order chi connectivity index (χ1) is 8.61. The number of anilines is 1. The molecule has 1 aliphatic rings. The van der Waals surface area contributed by atoms with Crippen LogP contribution in [-0.2, 0) is 0 Å². The highest BCUT2D eigenvalue weighted by Gasteiger charge is 2.28. The van der Waals surface area contributed by atoms with Crippen LogP contribution in [-0.4, -0.2) is 15.8 Å². The second-order valence-electron chi connectivity index (χ2n) is 6.41. The van der Waals surface area contributed by atoms with E-state index in [4.69, 9.17) is 10.8 Å². The lowest BCUT2D eigenvalue weighted by atomic mass is 10.0. The van der Waals surface area contributed by atoms with Crippen LogP contribution in [0.25, 0.3) is 0 Å². The van der Waals surface area contributed by atoms with Gasteiger partial charge in [-0.05, 0) is 36.3 Å². The third kappa shape index (κ3) is 4.77. The number of pyridine rings is 1. The molecule has 0 radical (unpaired) electrons. The maximum atomic E-state index is 11.4. The molecule has 1 aromatic heterocycles. The van der Waals surface area contributed by atoms with E-state index in [0.29, 0.717) is 11.1 Å². The average Bonchev–Trinajstić information content (AvgIpc) is 3.02. The van der Waals surface area contributed by atoms with Gasteiger partial charge in [0.25, 0.3) is 5.56 Å². The van der Waals surface area contributed by atoms with Crippen molar-refractivity contribution in [1.29, 1.82) is 0 Å². The van der Waals surface area contributed by atoms with Gasteiger partial charge in [0.1, 0.15) is 0 Å². The molecule has 19 heavy (non-hydrogen) atoms. The Balaban J connectivity index is 0.000000312. The molecule has 0 bridgehead atoms. The predicted molar refractivity (Wildman–Crippen MR) is 75.6 cm³/mol. The molecular formula is C14H22N2O3. The number of rotatable bonds is 1. The zero-order valence-corrected chi connectivity index (χ0v) is 11.9. The number of hydrogen-bond donors (Lipinski definition) is 2. The molecule has 0 aliphatic heterocycles. The van der Waals surface area contributed by atoms with Crippen molar-refractivity contribution >= 4 is 11.8 Å². The fraction of sp³-hybridized carbons (Fsp3) is 0.571. The van der Waals surface area contributed by atoms with Gasteiger partial charge in [0.2, 0.25) is 0 Å². The molecule has 5 nitrogen and oxygen atoms in total. The van der Waals surface area contributed by atoms with Crippen LogP contribution in [0.3, 0.4) is 0 Å². The van der Waals surface area contributed by atoms with Gasteiger partial charge >= 0.3 is 6.09 Å². The van der Waals surface area contributed by atoms with Crippen LogP contribution < -0.4 is 11.3 Å². The summed E-state index contributed by atoms with van der Waals surface area (Å²) in [6.45, 7) is 8.75. The van der Waals surface area contributed by atoms with E-state index in [2.05, 4.69) is 27.7 Å². The molecular weight excluding hydrogens is 244 g/mol. The summed E-state index contributed by atoms with van der Waals surface area (Å²) in [6, 6.07) is 3.08. The van der Waals surface area contributed by atoms with E-state index in [1.807, 2.05) is 0 Å². The Morgan fingerprint density at radius 1 is 1.32 bits per heavy atom. The van der Waals surface area contributed by atoms with Gasteiger partial charge in [0.05, 0.1) is 5.69 Å². The highest BCUT2D eigenvalue weighted by molar-refractivity contribution is 5.70. The van der Waals surface area contributed by atoms with E-state index < -0.39 is 11.7 Å². The zero-order valence-electron chi connectivity index (χ0n) is 11.9. The summed E-state index contributed by atoms with van der Waals surface area (Å²) >= 11 is 0. The summed E-state index contributed by atoms with van der Waals surface area (Å²) < 4.78 is 0.743. The molecule has 1 aliphatic carbocycles. The first-order valence-corrected chi connectivity index (χ1v) is 6.36. The smallest absolute Gasteiger partial charge is 0.418 e. The normalized spacial score (nSPS) is 14.5. The number of hydrogen-bond acceptors (Lipinski definition) is 3. The first kappa shape index (κ1) is 15.3. The van der Waals surface area contributed by atoms with Gasteiger partial charge in [-0.15, -0.1) is 0 Å².